The van der Waals surface area contributed by atoms with Crippen LogP contribution in [0.25, 0.3) is 76.5 Å². The number of fused-ring (bicyclic) bond motifs is 10. The van der Waals surface area contributed by atoms with E-state index in [0.29, 0.717) is 22.5 Å². The van der Waals surface area contributed by atoms with Crippen molar-refractivity contribution >= 4 is 65.2 Å². The average molecular weight is 559 g/mol. The Morgan fingerprint density at radius 1 is 0.364 bits per heavy atom. The third-order valence-corrected chi connectivity index (χ3v) is 8.97. The summed E-state index contributed by atoms with van der Waals surface area (Å²) < 4.78 is 4.38. The zero-order chi connectivity index (χ0) is 29.4. The largest absolute Gasteiger partial charge is 0.306 e. The van der Waals surface area contributed by atoms with Crippen molar-refractivity contribution in [3.05, 3.63) is 145 Å². The first-order valence-corrected chi connectivity index (χ1v) is 14.6. The zero-order valence-corrected chi connectivity index (χ0v) is 23.5. The molecule has 9 aromatic rings. The lowest BCUT2D eigenvalue weighted by Gasteiger charge is -2.19. The fourth-order valence-corrected chi connectivity index (χ4v) is 7.17. The van der Waals surface area contributed by atoms with Crippen LogP contribution in [-0.4, -0.2) is 9.13 Å². The van der Waals surface area contributed by atoms with Gasteiger partial charge in [-0.1, -0.05) is 97.1 Å². The number of aromatic nitrogens is 2. The molecule has 0 saturated carbocycles. The highest BCUT2D eigenvalue weighted by Gasteiger charge is 2.25. The third-order valence-electron chi connectivity index (χ3n) is 8.97. The quantitative estimate of drug-likeness (QED) is 0.212. The first-order valence-electron chi connectivity index (χ1n) is 14.6. The van der Waals surface area contributed by atoms with E-state index in [1.807, 2.05) is 24.3 Å². The Kier molecular flexibility index (Phi) is 5.00. The number of benzene rings is 7. The minimum atomic E-state index is 0.501. The minimum Gasteiger partial charge on any atom is -0.306 e. The van der Waals surface area contributed by atoms with Gasteiger partial charge in [0.2, 0.25) is 0 Å². The number of nitriles is 2. The van der Waals surface area contributed by atoms with Crippen LogP contribution in [0.3, 0.4) is 0 Å². The van der Waals surface area contributed by atoms with Crippen molar-refractivity contribution in [2.45, 2.75) is 0 Å². The van der Waals surface area contributed by atoms with E-state index in [1.165, 1.54) is 0 Å². The highest BCUT2D eigenvalue weighted by atomic mass is 15.1. The fourth-order valence-electron chi connectivity index (χ4n) is 7.17. The minimum absolute atomic E-state index is 0.501. The van der Waals surface area contributed by atoms with E-state index >= 15 is 0 Å². The molecule has 0 aliphatic carbocycles. The van der Waals surface area contributed by atoms with Gasteiger partial charge in [0.1, 0.15) is 12.1 Å². The maximum absolute atomic E-state index is 10.7. The van der Waals surface area contributed by atoms with Crippen LogP contribution in [0.2, 0.25) is 0 Å². The normalized spacial score (nSPS) is 11.6. The maximum atomic E-state index is 10.7. The summed E-state index contributed by atoms with van der Waals surface area (Å²) in [5.41, 5.74) is 6.35. The number of hydrogen-bond donors (Lipinski definition) is 0. The van der Waals surface area contributed by atoms with Crippen molar-refractivity contribution in [3.8, 4) is 23.5 Å². The SMILES string of the molecule is N#Cc1ccc(C#N)c(-n2c3ccc4ccccc4c3c3c4ccccc4ccc32)c1-n1c2ccccc2c2ccccc21. The third kappa shape index (κ3) is 3.14. The molecule has 0 spiro atoms. The van der Waals surface area contributed by atoms with E-state index in [4.69, 9.17) is 0 Å². The van der Waals surface area contributed by atoms with Crippen LogP contribution >= 0.6 is 0 Å². The summed E-state index contributed by atoms with van der Waals surface area (Å²) in [6.45, 7) is 0. The Morgan fingerprint density at radius 3 is 1.20 bits per heavy atom. The molecule has 2 heterocycles. The predicted molar refractivity (Wildman–Crippen MR) is 180 cm³/mol. The number of nitrogens with zero attached hydrogens (tertiary/aromatic N) is 4. The Balaban J connectivity index is 1.57. The molecule has 9 rings (SSSR count). The standard InChI is InChI=1S/C40H22N4/c41-23-27-17-18-28(24-42)40(39(27)43-33-15-7-5-13-31(33)32-14-6-8-16-34(32)43)44-35-21-19-25-9-1-3-11-29(25)37(35)38-30-12-4-2-10-26(30)20-22-36(38)44/h1-22H. The van der Waals surface area contributed by atoms with Crippen molar-refractivity contribution in [1.29, 1.82) is 10.5 Å². The van der Waals surface area contributed by atoms with E-state index in [9.17, 15) is 10.5 Å². The number of para-hydroxylation sites is 2. The molecule has 0 saturated heterocycles. The summed E-state index contributed by atoms with van der Waals surface area (Å²) >= 11 is 0. The van der Waals surface area contributed by atoms with Crippen LogP contribution in [0.1, 0.15) is 11.1 Å². The maximum Gasteiger partial charge on any atom is 0.101 e. The average Bonchev–Trinajstić information content (AvgIpc) is 3.61. The van der Waals surface area contributed by atoms with E-state index < -0.39 is 0 Å². The van der Waals surface area contributed by atoms with Gasteiger partial charge in [-0.3, -0.25) is 0 Å². The van der Waals surface area contributed by atoms with Crippen molar-refractivity contribution in [1.82, 2.24) is 9.13 Å². The molecule has 4 heteroatoms. The molecule has 0 radical (unpaired) electrons. The summed E-state index contributed by atoms with van der Waals surface area (Å²) in [6.07, 6.45) is 0. The molecule has 2 aromatic heterocycles. The molecular formula is C40H22N4. The summed E-state index contributed by atoms with van der Waals surface area (Å²) in [5.74, 6) is 0. The zero-order valence-electron chi connectivity index (χ0n) is 23.5. The van der Waals surface area contributed by atoms with Gasteiger partial charge in [-0.15, -0.1) is 0 Å². The van der Waals surface area contributed by atoms with Gasteiger partial charge in [0.25, 0.3) is 0 Å². The van der Waals surface area contributed by atoms with Gasteiger partial charge in [-0.25, -0.2) is 0 Å². The van der Waals surface area contributed by atoms with Crippen molar-refractivity contribution in [2.24, 2.45) is 0 Å². The Hall–Kier alpha value is -6.36. The van der Waals surface area contributed by atoms with E-state index in [1.54, 1.807) is 12.1 Å². The van der Waals surface area contributed by atoms with Crippen LogP contribution in [0.15, 0.2) is 133 Å². The predicted octanol–water partition coefficient (Wildman–Crippen LogP) is 9.93. The van der Waals surface area contributed by atoms with Gasteiger partial charge in [0.15, 0.2) is 0 Å². The highest BCUT2D eigenvalue weighted by molar-refractivity contribution is 6.28. The lowest BCUT2D eigenvalue weighted by Crippen LogP contribution is -2.08. The Bertz CT molecular complexity index is 2600. The van der Waals surface area contributed by atoms with Gasteiger partial charge in [0.05, 0.1) is 44.6 Å². The molecule has 0 fully saturated rings. The second-order valence-electron chi connectivity index (χ2n) is 11.1. The van der Waals surface area contributed by atoms with E-state index in [2.05, 4.69) is 118 Å². The molecule has 0 amide bonds. The van der Waals surface area contributed by atoms with Crippen LogP contribution in [0, 0.1) is 22.7 Å². The monoisotopic (exact) mass is 558 g/mol. The lowest BCUT2D eigenvalue weighted by molar-refractivity contribution is 1.08. The van der Waals surface area contributed by atoms with Crippen LogP contribution < -0.4 is 0 Å². The summed E-state index contributed by atoms with van der Waals surface area (Å²) in [6, 6.07) is 50.6. The molecular weight excluding hydrogens is 536 g/mol. The Labute approximate surface area is 252 Å². The van der Waals surface area contributed by atoms with E-state index in [0.717, 1.165) is 65.2 Å². The number of hydrogen-bond acceptors (Lipinski definition) is 2. The summed E-state index contributed by atoms with van der Waals surface area (Å²) in [5, 5.41) is 30.3. The van der Waals surface area contributed by atoms with Crippen molar-refractivity contribution in [2.75, 3.05) is 0 Å². The molecule has 0 aliphatic rings. The van der Waals surface area contributed by atoms with Gasteiger partial charge < -0.3 is 9.13 Å². The van der Waals surface area contributed by atoms with Crippen LogP contribution in [-0.2, 0) is 0 Å². The number of rotatable bonds is 2. The molecule has 202 valence electrons. The first kappa shape index (κ1) is 24.3. The van der Waals surface area contributed by atoms with Gasteiger partial charge in [0, 0.05) is 21.5 Å². The second-order valence-corrected chi connectivity index (χ2v) is 11.1. The van der Waals surface area contributed by atoms with Gasteiger partial charge in [-0.2, -0.15) is 10.5 Å². The van der Waals surface area contributed by atoms with Gasteiger partial charge in [-0.05, 0) is 57.9 Å². The van der Waals surface area contributed by atoms with Crippen molar-refractivity contribution < 1.29 is 0 Å². The molecule has 0 atom stereocenters. The van der Waals surface area contributed by atoms with Crippen molar-refractivity contribution in [3.63, 3.8) is 0 Å². The molecule has 4 nitrogen and oxygen atoms in total. The Morgan fingerprint density at radius 2 is 0.750 bits per heavy atom. The van der Waals surface area contributed by atoms with E-state index in [-0.39, 0.29) is 0 Å². The van der Waals surface area contributed by atoms with Crippen LogP contribution in [0.5, 0.6) is 0 Å². The first-order chi connectivity index (χ1) is 21.8. The molecule has 0 unspecified atom stereocenters. The molecule has 7 aromatic carbocycles. The van der Waals surface area contributed by atoms with Crippen LogP contribution in [0.4, 0.5) is 0 Å². The highest BCUT2D eigenvalue weighted by Crippen LogP contribution is 2.44. The molecule has 0 aliphatic heterocycles. The molecule has 44 heavy (non-hydrogen) atoms. The topological polar surface area (TPSA) is 57.4 Å². The fraction of sp³-hybridized carbons (Fsp3) is 0. The lowest BCUT2D eigenvalue weighted by atomic mass is 10.00. The summed E-state index contributed by atoms with van der Waals surface area (Å²) in [4.78, 5) is 0. The molecule has 0 bridgehead atoms. The molecule has 0 N–H and O–H groups in total. The summed E-state index contributed by atoms with van der Waals surface area (Å²) in [7, 11) is 0. The van der Waals surface area contributed by atoms with Gasteiger partial charge >= 0.3 is 0 Å². The smallest absolute Gasteiger partial charge is 0.101 e. The second kappa shape index (κ2) is 9.07.